The third-order valence-electron chi connectivity index (χ3n) is 3.65. The summed E-state index contributed by atoms with van der Waals surface area (Å²) in [6.07, 6.45) is 6.53. The molecule has 4 rings (SSSR count). The number of carbonyl (C=O) groups is 1. The van der Waals surface area contributed by atoms with E-state index in [1.54, 1.807) is 17.4 Å². The Bertz CT molecular complexity index is 745. The Morgan fingerprint density at radius 3 is 3.09 bits per heavy atom. The maximum Gasteiger partial charge on any atom is 0.250 e. The van der Waals surface area contributed by atoms with E-state index in [2.05, 4.69) is 10.3 Å². The molecule has 1 aliphatic carbocycles. The van der Waals surface area contributed by atoms with Crippen molar-refractivity contribution in [1.82, 2.24) is 4.98 Å². The highest BCUT2D eigenvalue weighted by Gasteiger charge is 2.17. The summed E-state index contributed by atoms with van der Waals surface area (Å²) in [4.78, 5) is 17.7. The number of hydrogen-bond donors (Lipinski definition) is 1. The Kier molecular flexibility index (Phi) is 3.31. The number of nitrogens with zero attached hydrogens (tertiary/aromatic N) is 1. The van der Waals surface area contributed by atoms with Crippen molar-refractivity contribution < 1.29 is 14.3 Å². The lowest BCUT2D eigenvalue weighted by Gasteiger charge is -1.98. The summed E-state index contributed by atoms with van der Waals surface area (Å²) < 4.78 is 10.6. The van der Waals surface area contributed by atoms with Crippen molar-refractivity contribution in [1.29, 1.82) is 0 Å². The number of aryl methyl sites for hydroxylation is 2. The van der Waals surface area contributed by atoms with Gasteiger partial charge in [-0.25, -0.2) is 4.98 Å². The Morgan fingerprint density at radius 2 is 2.18 bits per heavy atom. The van der Waals surface area contributed by atoms with Crippen LogP contribution >= 0.6 is 11.3 Å². The first-order chi connectivity index (χ1) is 10.8. The minimum atomic E-state index is -0.176. The molecule has 1 aliphatic heterocycles. The van der Waals surface area contributed by atoms with E-state index in [0.717, 1.165) is 29.8 Å². The van der Waals surface area contributed by atoms with Crippen molar-refractivity contribution in [3.05, 3.63) is 40.4 Å². The zero-order valence-electron chi connectivity index (χ0n) is 11.8. The summed E-state index contributed by atoms with van der Waals surface area (Å²) in [6, 6.07) is 5.57. The van der Waals surface area contributed by atoms with E-state index < -0.39 is 0 Å². The van der Waals surface area contributed by atoms with Gasteiger partial charge in [0.2, 0.25) is 12.7 Å². The standard InChI is InChI=1S/C16H14N2O3S/c19-15(18-16-17-11-2-1-3-14(11)22-16)7-5-10-4-6-12-13(8-10)21-9-20-12/h4-8H,1-3,9H2,(H,17,18,19)/b7-5+. The lowest BCUT2D eigenvalue weighted by atomic mass is 10.2. The van der Waals surface area contributed by atoms with Gasteiger partial charge in [-0.15, -0.1) is 11.3 Å². The number of carbonyl (C=O) groups excluding carboxylic acids is 1. The minimum absolute atomic E-state index is 0.176. The van der Waals surface area contributed by atoms with Crippen LogP contribution in [0.25, 0.3) is 6.08 Å². The maximum atomic E-state index is 12.0. The first kappa shape index (κ1) is 13.3. The highest BCUT2D eigenvalue weighted by molar-refractivity contribution is 7.15. The third-order valence-corrected chi connectivity index (χ3v) is 4.72. The van der Waals surface area contributed by atoms with Gasteiger partial charge in [0.05, 0.1) is 5.69 Å². The van der Waals surface area contributed by atoms with Crippen molar-refractivity contribution in [3.63, 3.8) is 0 Å². The predicted octanol–water partition coefficient (Wildman–Crippen LogP) is 3.01. The molecule has 0 fully saturated rings. The molecular weight excluding hydrogens is 300 g/mol. The van der Waals surface area contributed by atoms with Gasteiger partial charge in [-0.3, -0.25) is 10.1 Å². The monoisotopic (exact) mass is 314 g/mol. The number of fused-ring (bicyclic) bond motifs is 2. The van der Waals surface area contributed by atoms with Crippen LogP contribution in [0.4, 0.5) is 5.13 Å². The van der Waals surface area contributed by atoms with Gasteiger partial charge in [-0.05, 0) is 43.0 Å². The molecule has 2 aromatic rings. The van der Waals surface area contributed by atoms with E-state index in [0.29, 0.717) is 10.9 Å². The SMILES string of the molecule is O=C(/C=C/c1ccc2c(c1)OCO2)Nc1nc2c(s1)CCC2. The molecule has 1 amide bonds. The van der Waals surface area contributed by atoms with Gasteiger partial charge in [0.1, 0.15) is 0 Å². The molecule has 5 nitrogen and oxygen atoms in total. The summed E-state index contributed by atoms with van der Waals surface area (Å²) >= 11 is 1.57. The lowest BCUT2D eigenvalue weighted by Crippen LogP contribution is -2.07. The first-order valence-electron chi connectivity index (χ1n) is 7.15. The highest BCUT2D eigenvalue weighted by Crippen LogP contribution is 2.33. The summed E-state index contributed by atoms with van der Waals surface area (Å²) in [6.45, 7) is 0.248. The number of anilines is 1. The lowest BCUT2D eigenvalue weighted by molar-refractivity contribution is -0.111. The molecule has 0 atom stereocenters. The zero-order valence-corrected chi connectivity index (χ0v) is 12.6. The van der Waals surface area contributed by atoms with Gasteiger partial charge in [-0.1, -0.05) is 6.07 Å². The third kappa shape index (κ3) is 2.57. The van der Waals surface area contributed by atoms with Crippen molar-refractivity contribution in [2.24, 2.45) is 0 Å². The van der Waals surface area contributed by atoms with Crippen LogP contribution in [0.15, 0.2) is 24.3 Å². The molecule has 1 aromatic carbocycles. The van der Waals surface area contributed by atoms with E-state index in [-0.39, 0.29) is 12.7 Å². The van der Waals surface area contributed by atoms with Crippen LogP contribution in [0.2, 0.25) is 0 Å². The van der Waals surface area contributed by atoms with Gasteiger partial charge in [0.15, 0.2) is 16.6 Å². The molecule has 6 heteroatoms. The molecule has 0 spiro atoms. The topological polar surface area (TPSA) is 60.5 Å². The van der Waals surface area contributed by atoms with Crippen molar-refractivity contribution in [3.8, 4) is 11.5 Å². The fourth-order valence-electron chi connectivity index (χ4n) is 2.58. The molecule has 22 heavy (non-hydrogen) atoms. The quantitative estimate of drug-likeness (QED) is 0.885. The maximum absolute atomic E-state index is 12.0. The normalized spacial score (nSPS) is 15.3. The van der Waals surface area contributed by atoms with Crippen LogP contribution < -0.4 is 14.8 Å². The largest absolute Gasteiger partial charge is 0.454 e. The average Bonchev–Trinajstić information content (AvgIpc) is 3.19. The second-order valence-electron chi connectivity index (χ2n) is 5.18. The summed E-state index contributed by atoms with van der Waals surface area (Å²) in [5.74, 6) is 1.27. The van der Waals surface area contributed by atoms with Crippen molar-refractivity contribution >= 4 is 28.5 Å². The van der Waals surface area contributed by atoms with Gasteiger partial charge >= 0.3 is 0 Å². The average molecular weight is 314 g/mol. The van der Waals surface area contributed by atoms with Crippen molar-refractivity contribution in [2.75, 3.05) is 12.1 Å². The molecule has 1 N–H and O–H groups in total. The minimum Gasteiger partial charge on any atom is -0.454 e. The molecule has 0 saturated heterocycles. The smallest absolute Gasteiger partial charge is 0.250 e. The number of thiazole rings is 1. The van der Waals surface area contributed by atoms with Crippen LogP contribution in [0.5, 0.6) is 11.5 Å². The number of amides is 1. The van der Waals surface area contributed by atoms with Crippen LogP contribution in [0, 0.1) is 0 Å². The fraction of sp³-hybridized carbons (Fsp3) is 0.250. The van der Waals surface area contributed by atoms with Gasteiger partial charge < -0.3 is 9.47 Å². The molecule has 1 aromatic heterocycles. The summed E-state index contributed by atoms with van der Waals surface area (Å²) in [5, 5.41) is 3.50. The van der Waals surface area contributed by atoms with Crippen LogP contribution in [-0.2, 0) is 17.6 Å². The molecule has 2 aliphatic rings. The second-order valence-corrected chi connectivity index (χ2v) is 6.26. The second kappa shape index (κ2) is 5.46. The number of nitrogens with one attached hydrogen (secondary N) is 1. The molecule has 0 unspecified atom stereocenters. The zero-order chi connectivity index (χ0) is 14.9. The number of ether oxygens (including phenoxy) is 2. The van der Waals surface area contributed by atoms with Gasteiger partial charge in [0.25, 0.3) is 0 Å². The first-order valence-corrected chi connectivity index (χ1v) is 7.97. The number of hydrogen-bond acceptors (Lipinski definition) is 5. The Morgan fingerprint density at radius 1 is 1.27 bits per heavy atom. The Balaban J connectivity index is 1.42. The van der Waals surface area contributed by atoms with Crippen LogP contribution in [0.1, 0.15) is 22.6 Å². The summed E-state index contributed by atoms with van der Waals surface area (Å²) in [7, 11) is 0. The van der Waals surface area contributed by atoms with Gasteiger partial charge in [0, 0.05) is 11.0 Å². The number of aromatic nitrogens is 1. The number of benzene rings is 1. The number of rotatable bonds is 3. The van der Waals surface area contributed by atoms with Crippen LogP contribution in [0.3, 0.4) is 0 Å². The molecule has 2 heterocycles. The van der Waals surface area contributed by atoms with E-state index >= 15 is 0 Å². The molecule has 0 bridgehead atoms. The Labute approximate surface area is 131 Å². The van der Waals surface area contributed by atoms with Crippen molar-refractivity contribution in [2.45, 2.75) is 19.3 Å². The molecule has 0 radical (unpaired) electrons. The van der Waals surface area contributed by atoms with E-state index in [1.807, 2.05) is 18.2 Å². The summed E-state index contributed by atoms with van der Waals surface area (Å²) in [5.41, 5.74) is 2.03. The van der Waals surface area contributed by atoms with Gasteiger partial charge in [-0.2, -0.15) is 0 Å². The van der Waals surface area contributed by atoms with E-state index in [9.17, 15) is 4.79 Å². The Hall–Kier alpha value is -2.34. The van der Waals surface area contributed by atoms with E-state index in [1.165, 1.54) is 17.4 Å². The van der Waals surface area contributed by atoms with Crippen LogP contribution in [-0.4, -0.2) is 17.7 Å². The molecule has 112 valence electrons. The highest BCUT2D eigenvalue weighted by atomic mass is 32.1. The molecule has 0 saturated carbocycles. The van der Waals surface area contributed by atoms with E-state index in [4.69, 9.17) is 9.47 Å². The predicted molar refractivity (Wildman–Crippen MR) is 84.4 cm³/mol. The fourth-order valence-corrected chi connectivity index (χ4v) is 3.63. The molecular formula is C16H14N2O3S.